The molecule has 2 nitrogen and oxygen atoms in total. The Bertz CT molecular complexity index is 347. The predicted molar refractivity (Wildman–Crippen MR) is 78.6 cm³/mol. The lowest BCUT2D eigenvalue weighted by Crippen LogP contribution is -2.27. The van der Waals surface area contributed by atoms with Crippen LogP contribution in [0.2, 0.25) is 5.02 Å². The van der Waals surface area contributed by atoms with E-state index in [2.05, 4.69) is 19.2 Å². The minimum atomic E-state index is -0.504. The summed E-state index contributed by atoms with van der Waals surface area (Å²) in [5.74, 6) is 0. The van der Waals surface area contributed by atoms with Crippen molar-refractivity contribution in [3.63, 3.8) is 0 Å². The van der Waals surface area contributed by atoms with E-state index in [0.29, 0.717) is 17.6 Å². The van der Waals surface area contributed by atoms with Crippen LogP contribution >= 0.6 is 35.8 Å². The van der Waals surface area contributed by atoms with Crippen LogP contribution in [0.3, 0.4) is 0 Å². The van der Waals surface area contributed by atoms with Gasteiger partial charge >= 0.3 is 0 Å². The van der Waals surface area contributed by atoms with Crippen molar-refractivity contribution in [2.45, 2.75) is 30.9 Å². The minimum absolute atomic E-state index is 0. The van der Waals surface area contributed by atoms with Gasteiger partial charge < -0.3 is 10.4 Å². The van der Waals surface area contributed by atoms with Gasteiger partial charge in [-0.3, -0.25) is 0 Å². The number of aliphatic hydroxyl groups is 1. The molecule has 0 saturated carbocycles. The summed E-state index contributed by atoms with van der Waals surface area (Å²) in [4.78, 5) is 1.04. The number of thioether (sulfide) groups is 1. The van der Waals surface area contributed by atoms with Crippen LogP contribution in [0.25, 0.3) is 0 Å². The highest BCUT2D eigenvalue weighted by Gasteiger charge is 2.09. The van der Waals surface area contributed by atoms with Gasteiger partial charge in [-0.1, -0.05) is 31.5 Å². The minimum Gasteiger partial charge on any atom is -0.387 e. The molecule has 0 fully saturated rings. The van der Waals surface area contributed by atoms with Gasteiger partial charge in [0, 0.05) is 17.5 Å². The lowest BCUT2D eigenvalue weighted by molar-refractivity contribution is 0.171. The first kappa shape index (κ1) is 17.1. The normalized spacial score (nSPS) is 12.4. The standard InChI is InChI=1S/C12H18ClNOS.ClH/c1-8(2)14-7-11(15)9-4-5-12(16-3)10(13)6-9;/h4-6,8,11,14-15H,7H2,1-3H3;1H. The first-order valence-corrected chi connectivity index (χ1v) is 6.89. The van der Waals surface area contributed by atoms with Crippen molar-refractivity contribution in [3.8, 4) is 0 Å². The molecule has 0 saturated heterocycles. The van der Waals surface area contributed by atoms with Gasteiger partial charge in [0.1, 0.15) is 0 Å². The van der Waals surface area contributed by atoms with Crippen LogP contribution in [0.4, 0.5) is 0 Å². The van der Waals surface area contributed by atoms with E-state index >= 15 is 0 Å². The third kappa shape index (κ3) is 5.49. The number of hydrogen-bond acceptors (Lipinski definition) is 3. The van der Waals surface area contributed by atoms with Gasteiger partial charge in [0.05, 0.1) is 11.1 Å². The van der Waals surface area contributed by atoms with Crippen LogP contribution < -0.4 is 5.32 Å². The second-order valence-electron chi connectivity index (χ2n) is 3.97. The summed E-state index contributed by atoms with van der Waals surface area (Å²) in [6.45, 7) is 4.65. The molecule has 1 unspecified atom stereocenters. The maximum absolute atomic E-state index is 9.93. The fourth-order valence-corrected chi connectivity index (χ4v) is 2.23. The summed E-state index contributed by atoms with van der Waals surface area (Å²) in [7, 11) is 0. The highest BCUT2D eigenvalue weighted by Crippen LogP contribution is 2.28. The second-order valence-corrected chi connectivity index (χ2v) is 5.23. The zero-order chi connectivity index (χ0) is 12.1. The van der Waals surface area contributed by atoms with Gasteiger partial charge in [0.15, 0.2) is 0 Å². The summed E-state index contributed by atoms with van der Waals surface area (Å²) in [5, 5.41) is 13.8. The molecule has 5 heteroatoms. The number of benzene rings is 1. The SMILES string of the molecule is CSc1ccc(C(O)CNC(C)C)cc1Cl.Cl. The van der Waals surface area contributed by atoms with Crippen LogP contribution in [0.1, 0.15) is 25.5 Å². The highest BCUT2D eigenvalue weighted by molar-refractivity contribution is 7.98. The van der Waals surface area contributed by atoms with E-state index < -0.39 is 6.10 Å². The molecular formula is C12H19Cl2NOS. The number of nitrogens with one attached hydrogen (secondary N) is 1. The molecule has 0 aliphatic rings. The van der Waals surface area contributed by atoms with Gasteiger partial charge in [-0.2, -0.15) is 0 Å². The summed E-state index contributed by atoms with van der Waals surface area (Å²) in [6.07, 6.45) is 1.48. The van der Waals surface area contributed by atoms with E-state index in [-0.39, 0.29) is 12.4 Å². The zero-order valence-electron chi connectivity index (χ0n) is 10.2. The summed E-state index contributed by atoms with van der Waals surface area (Å²) < 4.78 is 0. The first-order chi connectivity index (χ1) is 7.54. The van der Waals surface area contributed by atoms with Crippen LogP contribution in [-0.4, -0.2) is 23.9 Å². The molecule has 98 valence electrons. The molecule has 0 aliphatic heterocycles. The van der Waals surface area contributed by atoms with E-state index in [1.807, 2.05) is 24.5 Å². The topological polar surface area (TPSA) is 32.3 Å². The highest BCUT2D eigenvalue weighted by atomic mass is 35.5. The Kier molecular flexibility index (Phi) is 8.25. The molecular weight excluding hydrogens is 277 g/mol. The van der Waals surface area contributed by atoms with E-state index in [4.69, 9.17) is 11.6 Å². The van der Waals surface area contributed by atoms with Crippen molar-refractivity contribution in [1.82, 2.24) is 5.32 Å². The van der Waals surface area contributed by atoms with E-state index in [1.54, 1.807) is 11.8 Å². The lowest BCUT2D eigenvalue weighted by atomic mass is 10.1. The quantitative estimate of drug-likeness (QED) is 0.816. The van der Waals surface area contributed by atoms with Gasteiger partial charge in [-0.25, -0.2) is 0 Å². The Morgan fingerprint density at radius 2 is 2.06 bits per heavy atom. The number of aliphatic hydroxyl groups excluding tert-OH is 1. The van der Waals surface area contributed by atoms with Crippen molar-refractivity contribution >= 4 is 35.8 Å². The number of hydrogen-bond donors (Lipinski definition) is 2. The predicted octanol–water partition coefficient (Wildman–Crippen LogP) is 3.52. The largest absolute Gasteiger partial charge is 0.387 e. The third-order valence-corrected chi connectivity index (χ3v) is 3.50. The summed E-state index contributed by atoms with van der Waals surface area (Å²) in [5.41, 5.74) is 0.857. The van der Waals surface area contributed by atoms with Crippen LogP contribution in [-0.2, 0) is 0 Å². The summed E-state index contributed by atoms with van der Waals surface area (Å²) in [6, 6.07) is 6.07. The molecule has 1 atom stereocenters. The molecule has 0 aliphatic carbocycles. The van der Waals surface area contributed by atoms with Gasteiger partial charge in [-0.05, 0) is 24.0 Å². The number of rotatable bonds is 5. The fraction of sp³-hybridized carbons (Fsp3) is 0.500. The Morgan fingerprint density at radius 1 is 1.41 bits per heavy atom. The van der Waals surface area contributed by atoms with Crippen LogP contribution in [0, 0.1) is 0 Å². The maximum atomic E-state index is 9.93. The molecule has 0 amide bonds. The molecule has 0 bridgehead atoms. The second kappa shape index (κ2) is 8.22. The van der Waals surface area contributed by atoms with Crippen molar-refractivity contribution in [1.29, 1.82) is 0 Å². The molecule has 0 heterocycles. The Labute approximate surface area is 119 Å². The Morgan fingerprint density at radius 3 is 2.53 bits per heavy atom. The van der Waals surface area contributed by atoms with Crippen molar-refractivity contribution < 1.29 is 5.11 Å². The molecule has 17 heavy (non-hydrogen) atoms. The molecule has 2 N–H and O–H groups in total. The van der Waals surface area contributed by atoms with Gasteiger partial charge in [0.25, 0.3) is 0 Å². The summed E-state index contributed by atoms with van der Waals surface area (Å²) >= 11 is 7.69. The van der Waals surface area contributed by atoms with E-state index in [9.17, 15) is 5.11 Å². The van der Waals surface area contributed by atoms with Crippen molar-refractivity contribution in [2.24, 2.45) is 0 Å². The van der Waals surface area contributed by atoms with E-state index in [0.717, 1.165) is 10.5 Å². The third-order valence-electron chi connectivity index (χ3n) is 2.28. The maximum Gasteiger partial charge on any atom is 0.0915 e. The molecule has 0 spiro atoms. The monoisotopic (exact) mass is 295 g/mol. The molecule has 1 aromatic rings. The van der Waals surface area contributed by atoms with Crippen LogP contribution in [0.5, 0.6) is 0 Å². The average Bonchev–Trinajstić information content (AvgIpc) is 2.25. The van der Waals surface area contributed by atoms with Gasteiger partial charge in [0.2, 0.25) is 0 Å². The van der Waals surface area contributed by atoms with Crippen molar-refractivity contribution in [2.75, 3.05) is 12.8 Å². The van der Waals surface area contributed by atoms with Crippen LogP contribution in [0.15, 0.2) is 23.1 Å². The fourth-order valence-electron chi connectivity index (χ4n) is 1.36. The molecule has 0 radical (unpaired) electrons. The zero-order valence-corrected chi connectivity index (χ0v) is 12.6. The molecule has 1 aromatic carbocycles. The van der Waals surface area contributed by atoms with Crippen molar-refractivity contribution in [3.05, 3.63) is 28.8 Å². The average molecular weight is 296 g/mol. The molecule has 0 aromatic heterocycles. The smallest absolute Gasteiger partial charge is 0.0915 e. The lowest BCUT2D eigenvalue weighted by Gasteiger charge is -2.15. The number of halogens is 2. The Balaban J connectivity index is 0.00000256. The first-order valence-electron chi connectivity index (χ1n) is 5.29. The Hall–Kier alpha value is 0.0700. The van der Waals surface area contributed by atoms with E-state index in [1.165, 1.54) is 0 Å². The molecule has 1 rings (SSSR count). The van der Waals surface area contributed by atoms with Gasteiger partial charge in [-0.15, -0.1) is 24.2 Å².